The molecule has 5 heteroatoms. The van der Waals surface area contributed by atoms with E-state index in [4.69, 9.17) is 9.52 Å². The van der Waals surface area contributed by atoms with Crippen LogP contribution in [-0.2, 0) is 13.1 Å². The molecule has 0 spiro atoms. The molecule has 2 N–H and O–H groups in total. The van der Waals surface area contributed by atoms with Crippen molar-refractivity contribution in [2.75, 3.05) is 0 Å². The summed E-state index contributed by atoms with van der Waals surface area (Å²) in [5.74, 6) is -0.346. The fourth-order valence-electron chi connectivity index (χ4n) is 1.57. The Morgan fingerprint density at radius 1 is 1.53 bits per heavy atom. The number of nitrogens with one attached hydrogen (secondary N) is 1. The molecule has 2 rings (SSSR count). The van der Waals surface area contributed by atoms with E-state index in [9.17, 15) is 4.79 Å². The van der Waals surface area contributed by atoms with E-state index in [0.717, 1.165) is 6.54 Å². The van der Waals surface area contributed by atoms with E-state index in [1.54, 1.807) is 24.3 Å². The van der Waals surface area contributed by atoms with Crippen LogP contribution in [0.3, 0.4) is 0 Å². The van der Waals surface area contributed by atoms with Gasteiger partial charge in [-0.1, -0.05) is 6.07 Å². The Balaban J connectivity index is 1.91. The molecule has 2 aromatic heterocycles. The van der Waals surface area contributed by atoms with Crippen LogP contribution in [0.15, 0.2) is 28.0 Å². The van der Waals surface area contributed by atoms with Gasteiger partial charge >= 0.3 is 5.97 Å². The summed E-state index contributed by atoms with van der Waals surface area (Å²) in [6, 6.07) is 5.81. The number of hydrogen-bond donors (Lipinski definition) is 2. The monoisotopic (exact) mass is 251 g/mol. The number of carboxylic acids is 1. The third-order valence-electron chi connectivity index (χ3n) is 2.34. The highest BCUT2D eigenvalue weighted by atomic mass is 32.1. The number of carbonyl (C=O) groups is 1. The Hall–Kier alpha value is -1.59. The fraction of sp³-hybridized carbons (Fsp3) is 0.250. The van der Waals surface area contributed by atoms with Crippen molar-refractivity contribution in [2.24, 2.45) is 0 Å². The summed E-state index contributed by atoms with van der Waals surface area (Å²) < 4.78 is 5.24. The zero-order valence-corrected chi connectivity index (χ0v) is 10.2. The van der Waals surface area contributed by atoms with Crippen molar-refractivity contribution in [3.05, 3.63) is 45.5 Å². The second-order valence-electron chi connectivity index (χ2n) is 3.71. The standard InChI is InChI=1S/C12H13NO3S/c1-8-5-9(16-11(8)12(14)15)6-13-7-10-3-2-4-17-10/h2-5,13H,6-7H2,1H3,(H,14,15). The highest BCUT2D eigenvalue weighted by Gasteiger charge is 2.13. The predicted molar refractivity (Wildman–Crippen MR) is 65.3 cm³/mol. The van der Waals surface area contributed by atoms with Crippen LogP contribution in [0, 0.1) is 6.92 Å². The molecule has 0 saturated carbocycles. The molecule has 90 valence electrons. The van der Waals surface area contributed by atoms with Crippen LogP contribution < -0.4 is 5.32 Å². The average Bonchev–Trinajstić information content (AvgIpc) is 2.88. The van der Waals surface area contributed by atoms with Crippen molar-refractivity contribution >= 4 is 17.3 Å². The zero-order chi connectivity index (χ0) is 12.3. The number of furan rings is 1. The minimum absolute atomic E-state index is 0.0259. The first kappa shape index (κ1) is 11.9. The minimum Gasteiger partial charge on any atom is -0.475 e. The van der Waals surface area contributed by atoms with Crippen LogP contribution in [0.25, 0.3) is 0 Å². The third kappa shape index (κ3) is 2.95. The second-order valence-corrected chi connectivity index (χ2v) is 4.75. The third-order valence-corrected chi connectivity index (χ3v) is 3.22. The second kappa shape index (κ2) is 5.16. The molecule has 0 aliphatic rings. The van der Waals surface area contributed by atoms with E-state index in [1.807, 2.05) is 17.5 Å². The van der Waals surface area contributed by atoms with E-state index in [1.165, 1.54) is 4.88 Å². The molecule has 0 amide bonds. The van der Waals surface area contributed by atoms with E-state index in [0.29, 0.717) is 17.9 Å². The normalized spacial score (nSPS) is 10.6. The maximum absolute atomic E-state index is 10.8. The van der Waals surface area contributed by atoms with Crippen molar-refractivity contribution in [3.63, 3.8) is 0 Å². The highest BCUT2D eigenvalue weighted by Crippen LogP contribution is 2.15. The van der Waals surface area contributed by atoms with Gasteiger partial charge in [-0.05, 0) is 24.4 Å². The lowest BCUT2D eigenvalue weighted by atomic mass is 10.2. The van der Waals surface area contributed by atoms with Gasteiger partial charge in [0.2, 0.25) is 5.76 Å². The minimum atomic E-state index is -1.02. The maximum atomic E-state index is 10.8. The van der Waals surface area contributed by atoms with Gasteiger partial charge in [0.25, 0.3) is 0 Å². The SMILES string of the molecule is Cc1cc(CNCc2cccs2)oc1C(=O)O. The molecule has 17 heavy (non-hydrogen) atoms. The number of aromatic carboxylic acids is 1. The molecule has 0 aromatic carbocycles. The van der Waals surface area contributed by atoms with Gasteiger partial charge in [0.05, 0.1) is 6.54 Å². The molecule has 0 unspecified atom stereocenters. The molecule has 4 nitrogen and oxygen atoms in total. The van der Waals surface area contributed by atoms with Gasteiger partial charge in [0.1, 0.15) is 5.76 Å². The topological polar surface area (TPSA) is 62.5 Å². The number of hydrogen-bond acceptors (Lipinski definition) is 4. The Morgan fingerprint density at radius 3 is 2.94 bits per heavy atom. The van der Waals surface area contributed by atoms with E-state index in [2.05, 4.69) is 5.32 Å². The molecule has 2 aromatic rings. The van der Waals surface area contributed by atoms with Gasteiger partial charge in [0, 0.05) is 17.0 Å². The van der Waals surface area contributed by atoms with Gasteiger partial charge in [-0.2, -0.15) is 0 Å². The average molecular weight is 251 g/mol. The van der Waals surface area contributed by atoms with Gasteiger partial charge in [-0.3, -0.25) is 0 Å². The largest absolute Gasteiger partial charge is 0.475 e. The van der Waals surface area contributed by atoms with Gasteiger partial charge < -0.3 is 14.8 Å². The highest BCUT2D eigenvalue weighted by molar-refractivity contribution is 7.09. The summed E-state index contributed by atoms with van der Waals surface area (Å²) in [5.41, 5.74) is 0.658. The van der Waals surface area contributed by atoms with Crippen molar-refractivity contribution < 1.29 is 14.3 Å². The summed E-state index contributed by atoms with van der Waals surface area (Å²) in [6.07, 6.45) is 0. The van der Waals surface area contributed by atoms with Crippen LogP contribution in [-0.4, -0.2) is 11.1 Å². The maximum Gasteiger partial charge on any atom is 0.372 e. The lowest BCUT2D eigenvalue weighted by Crippen LogP contribution is -2.11. The number of rotatable bonds is 5. The van der Waals surface area contributed by atoms with E-state index in [-0.39, 0.29) is 5.76 Å². The summed E-state index contributed by atoms with van der Waals surface area (Å²) in [4.78, 5) is 12.0. The molecule has 0 atom stereocenters. The van der Waals surface area contributed by atoms with Crippen molar-refractivity contribution in [2.45, 2.75) is 20.0 Å². The van der Waals surface area contributed by atoms with Crippen molar-refractivity contribution in [3.8, 4) is 0 Å². The molecular formula is C12H13NO3S. The summed E-state index contributed by atoms with van der Waals surface area (Å²) in [5, 5.41) is 14.1. The van der Waals surface area contributed by atoms with E-state index >= 15 is 0 Å². The molecule has 0 bridgehead atoms. The van der Waals surface area contributed by atoms with Crippen LogP contribution in [0.4, 0.5) is 0 Å². The van der Waals surface area contributed by atoms with Crippen LogP contribution in [0.2, 0.25) is 0 Å². The van der Waals surface area contributed by atoms with Crippen LogP contribution in [0.5, 0.6) is 0 Å². The zero-order valence-electron chi connectivity index (χ0n) is 9.40. The van der Waals surface area contributed by atoms with Crippen molar-refractivity contribution in [1.29, 1.82) is 0 Å². The first-order valence-corrected chi connectivity index (χ1v) is 6.10. The van der Waals surface area contributed by atoms with Crippen LogP contribution >= 0.6 is 11.3 Å². The number of carboxylic acid groups (broad SMARTS) is 1. The lowest BCUT2D eigenvalue weighted by Gasteiger charge is -1.99. The molecule has 2 heterocycles. The smallest absolute Gasteiger partial charge is 0.372 e. The lowest BCUT2D eigenvalue weighted by molar-refractivity contribution is 0.0659. The summed E-state index contributed by atoms with van der Waals surface area (Å²) >= 11 is 1.68. The first-order chi connectivity index (χ1) is 8.16. The molecule has 0 radical (unpaired) electrons. The molecule has 0 fully saturated rings. The fourth-order valence-corrected chi connectivity index (χ4v) is 2.24. The molecular weight excluding hydrogens is 238 g/mol. The summed E-state index contributed by atoms with van der Waals surface area (Å²) in [7, 11) is 0. The van der Waals surface area contributed by atoms with E-state index < -0.39 is 5.97 Å². The predicted octanol–water partition coefficient (Wildman–Crippen LogP) is 2.64. The van der Waals surface area contributed by atoms with Gasteiger partial charge in [-0.25, -0.2) is 4.79 Å². The number of thiophene rings is 1. The van der Waals surface area contributed by atoms with Crippen molar-refractivity contribution in [1.82, 2.24) is 5.32 Å². The molecule has 0 aliphatic heterocycles. The van der Waals surface area contributed by atoms with Gasteiger partial charge in [0.15, 0.2) is 0 Å². The quantitative estimate of drug-likeness (QED) is 0.857. The Kier molecular flexibility index (Phi) is 3.61. The number of aryl methyl sites for hydroxylation is 1. The summed E-state index contributed by atoms with van der Waals surface area (Å²) in [6.45, 7) is 3.03. The Bertz CT molecular complexity index is 502. The van der Waals surface area contributed by atoms with Gasteiger partial charge in [-0.15, -0.1) is 11.3 Å². The first-order valence-electron chi connectivity index (χ1n) is 5.22. The molecule has 0 aliphatic carbocycles. The Labute approximate surface area is 103 Å². The van der Waals surface area contributed by atoms with Crippen LogP contribution in [0.1, 0.15) is 26.8 Å². The molecule has 0 saturated heterocycles. The Morgan fingerprint density at radius 2 is 2.35 bits per heavy atom.